The fraction of sp³-hybridized carbons (Fsp3) is 0.300. The van der Waals surface area contributed by atoms with Gasteiger partial charge in [-0.1, -0.05) is 24.3 Å². The first-order chi connectivity index (χ1) is 7.66. The molecule has 1 aliphatic rings. The van der Waals surface area contributed by atoms with Crippen LogP contribution < -0.4 is 5.46 Å². The molecule has 0 bridgehead atoms. The molecular formula is C10H12BNO4. The molecule has 2 rings (SSSR count). The fourth-order valence-corrected chi connectivity index (χ4v) is 1.58. The zero-order valence-corrected chi connectivity index (χ0v) is 8.67. The molecule has 0 atom stereocenters. The SMILES string of the molecule is O=C1OCCN1Cc1ccc(B(O)O)cc1. The molecule has 2 N–H and O–H groups in total. The molecular weight excluding hydrogens is 209 g/mol. The molecule has 16 heavy (non-hydrogen) atoms. The average molecular weight is 221 g/mol. The Hall–Kier alpha value is -1.53. The van der Waals surface area contributed by atoms with Crippen LogP contribution >= 0.6 is 0 Å². The van der Waals surface area contributed by atoms with Gasteiger partial charge in [-0.3, -0.25) is 0 Å². The fourth-order valence-electron chi connectivity index (χ4n) is 1.58. The van der Waals surface area contributed by atoms with Crippen LogP contribution in [0.2, 0.25) is 0 Å². The van der Waals surface area contributed by atoms with Crippen LogP contribution in [-0.4, -0.2) is 41.3 Å². The average Bonchev–Trinajstić information content (AvgIpc) is 2.65. The molecule has 0 unspecified atom stereocenters. The van der Waals surface area contributed by atoms with Gasteiger partial charge >= 0.3 is 13.2 Å². The number of hydrogen-bond donors (Lipinski definition) is 2. The summed E-state index contributed by atoms with van der Waals surface area (Å²) in [4.78, 5) is 12.8. The standard InChI is InChI=1S/C10H12BNO4/c13-10-12(5-6-16-10)7-8-1-3-9(4-2-8)11(14)15/h1-4,14-15H,5-7H2. The van der Waals surface area contributed by atoms with Crippen molar-refractivity contribution in [2.75, 3.05) is 13.2 Å². The van der Waals surface area contributed by atoms with Crippen molar-refractivity contribution in [3.05, 3.63) is 29.8 Å². The second-order valence-electron chi connectivity index (χ2n) is 3.65. The first kappa shape index (κ1) is 11.0. The minimum absolute atomic E-state index is 0.300. The molecule has 0 aromatic heterocycles. The van der Waals surface area contributed by atoms with Crippen LogP contribution in [0.25, 0.3) is 0 Å². The van der Waals surface area contributed by atoms with Crippen LogP contribution in [0.15, 0.2) is 24.3 Å². The molecule has 1 aromatic carbocycles. The molecule has 1 aliphatic heterocycles. The molecule has 1 heterocycles. The smallest absolute Gasteiger partial charge is 0.448 e. The molecule has 0 radical (unpaired) electrons. The largest absolute Gasteiger partial charge is 0.488 e. The third-order valence-electron chi connectivity index (χ3n) is 2.50. The second kappa shape index (κ2) is 4.55. The van der Waals surface area contributed by atoms with E-state index in [1.54, 1.807) is 29.2 Å². The summed E-state index contributed by atoms with van der Waals surface area (Å²) in [6.07, 6.45) is -0.300. The van der Waals surface area contributed by atoms with Gasteiger partial charge in [0.2, 0.25) is 0 Å². The van der Waals surface area contributed by atoms with Gasteiger partial charge in [-0.15, -0.1) is 0 Å². The molecule has 1 fully saturated rings. The lowest BCUT2D eigenvalue weighted by atomic mass is 9.80. The Morgan fingerprint density at radius 2 is 2.00 bits per heavy atom. The van der Waals surface area contributed by atoms with Crippen molar-refractivity contribution in [2.45, 2.75) is 6.54 Å². The molecule has 0 saturated carbocycles. The summed E-state index contributed by atoms with van der Waals surface area (Å²) in [6, 6.07) is 6.78. The van der Waals surface area contributed by atoms with Gasteiger partial charge in [0.15, 0.2) is 0 Å². The Morgan fingerprint density at radius 3 is 2.50 bits per heavy atom. The Morgan fingerprint density at radius 1 is 1.31 bits per heavy atom. The summed E-state index contributed by atoms with van der Waals surface area (Å²) in [5.74, 6) is 0. The molecule has 1 aromatic rings. The Balaban J connectivity index is 2.02. The molecule has 0 aliphatic carbocycles. The van der Waals surface area contributed by atoms with E-state index < -0.39 is 7.12 Å². The lowest BCUT2D eigenvalue weighted by Gasteiger charge is -2.12. The number of benzene rings is 1. The minimum Gasteiger partial charge on any atom is -0.448 e. The first-order valence-corrected chi connectivity index (χ1v) is 5.03. The number of amides is 1. The van der Waals surface area contributed by atoms with Gasteiger partial charge in [-0.05, 0) is 11.0 Å². The monoisotopic (exact) mass is 221 g/mol. The van der Waals surface area contributed by atoms with Gasteiger partial charge in [0.25, 0.3) is 0 Å². The van der Waals surface area contributed by atoms with Gasteiger partial charge in [0.1, 0.15) is 6.61 Å². The number of nitrogens with zero attached hydrogens (tertiary/aromatic N) is 1. The summed E-state index contributed by atoms with van der Waals surface area (Å²) in [7, 11) is -1.45. The summed E-state index contributed by atoms with van der Waals surface area (Å²) < 4.78 is 4.81. The van der Waals surface area contributed by atoms with E-state index in [0.29, 0.717) is 25.2 Å². The van der Waals surface area contributed by atoms with Gasteiger partial charge in [0.05, 0.1) is 6.54 Å². The van der Waals surface area contributed by atoms with Crippen LogP contribution in [0.3, 0.4) is 0 Å². The van der Waals surface area contributed by atoms with Crippen LogP contribution in [-0.2, 0) is 11.3 Å². The maximum atomic E-state index is 11.2. The molecule has 0 spiro atoms. The zero-order valence-electron chi connectivity index (χ0n) is 8.67. The highest BCUT2D eigenvalue weighted by Gasteiger charge is 2.21. The predicted molar refractivity (Wildman–Crippen MR) is 58.0 cm³/mol. The van der Waals surface area contributed by atoms with Crippen molar-refractivity contribution in [2.24, 2.45) is 0 Å². The van der Waals surface area contributed by atoms with E-state index in [4.69, 9.17) is 14.8 Å². The van der Waals surface area contributed by atoms with E-state index in [1.165, 1.54) is 0 Å². The van der Waals surface area contributed by atoms with Crippen molar-refractivity contribution in [1.82, 2.24) is 4.90 Å². The zero-order chi connectivity index (χ0) is 11.5. The Bertz CT molecular complexity index is 379. The quantitative estimate of drug-likeness (QED) is 0.663. The maximum absolute atomic E-state index is 11.2. The molecule has 84 valence electrons. The third kappa shape index (κ3) is 2.34. The van der Waals surface area contributed by atoms with Gasteiger partial charge in [-0.25, -0.2) is 4.79 Å². The summed E-state index contributed by atoms with van der Waals surface area (Å²) in [6.45, 7) is 1.52. The van der Waals surface area contributed by atoms with Gasteiger partial charge < -0.3 is 19.7 Å². The normalized spacial score (nSPS) is 15.1. The molecule has 5 nitrogen and oxygen atoms in total. The molecule has 1 amide bonds. The van der Waals surface area contributed by atoms with Crippen molar-refractivity contribution in [3.63, 3.8) is 0 Å². The first-order valence-electron chi connectivity index (χ1n) is 5.03. The Labute approximate surface area is 93.4 Å². The number of ether oxygens (including phenoxy) is 1. The highest BCUT2D eigenvalue weighted by molar-refractivity contribution is 6.58. The van der Waals surface area contributed by atoms with Crippen LogP contribution in [0.4, 0.5) is 4.79 Å². The van der Waals surface area contributed by atoms with E-state index in [2.05, 4.69) is 0 Å². The van der Waals surface area contributed by atoms with E-state index in [9.17, 15) is 4.79 Å². The van der Waals surface area contributed by atoms with Crippen molar-refractivity contribution < 1.29 is 19.6 Å². The number of hydrogen-bond acceptors (Lipinski definition) is 4. The minimum atomic E-state index is -1.45. The van der Waals surface area contributed by atoms with E-state index >= 15 is 0 Å². The highest BCUT2D eigenvalue weighted by atomic mass is 16.6. The van der Waals surface area contributed by atoms with E-state index in [-0.39, 0.29) is 6.09 Å². The summed E-state index contributed by atoms with van der Waals surface area (Å²) in [5, 5.41) is 17.8. The van der Waals surface area contributed by atoms with Gasteiger partial charge in [-0.2, -0.15) is 0 Å². The number of carbonyl (C=O) groups is 1. The lowest BCUT2D eigenvalue weighted by molar-refractivity contribution is 0.157. The van der Waals surface area contributed by atoms with Crippen molar-refractivity contribution >= 4 is 18.7 Å². The van der Waals surface area contributed by atoms with Crippen molar-refractivity contribution in [3.8, 4) is 0 Å². The Kier molecular flexibility index (Phi) is 3.12. The van der Waals surface area contributed by atoms with Crippen LogP contribution in [0.1, 0.15) is 5.56 Å². The lowest BCUT2D eigenvalue weighted by Crippen LogP contribution is -2.30. The maximum Gasteiger partial charge on any atom is 0.488 e. The topological polar surface area (TPSA) is 70.0 Å². The third-order valence-corrected chi connectivity index (χ3v) is 2.50. The number of rotatable bonds is 3. The van der Waals surface area contributed by atoms with E-state index in [1.807, 2.05) is 0 Å². The van der Waals surface area contributed by atoms with Gasteiger partial charge in [0, 0.05) is 6.54 Å². The molecule has 1 saturated heterocycles. The summed E-state index contributed by atoms with van der Waals surface area (Å²) >= 11 is 0. The van der Waals surface area contributed by atoms with Crippen LogP contribution in [0, 0.1) is 0 Å². The number of cyclic esters (lactones) is 1. The van der Waals surface area contributed by atoms with Crippen molar-refractivity contribution in [1.29, 1.82) is 0 Å². The van der Waals surface area contributed by atoms with Crippen LogP contribution in [0.5, 0.6) is 0 Å². The summed E-state index contributed by atoms with van der Waals surface area (Å²) in [5.41, 5.74) is 1.37. The molecule has 6 heteroatoms. The van der Waals surface area contributed by atoms with E-state index in [0.717, 1.165) is 5.56 Å². The second-order valence-corrected chi connectivity index (χ2v) is 3.65. The number of carbonyl (C=O) groups excluding carboxylic acids is 1. The predicted octanol–water partition coefficient (Wildman–Crippen LogP) is -0.681. The highest BCUT2D eigenvalue weighted by Crippen LogP contribution is 2.09.